The Morgan fingerprint density at radius 3 is 2.61 bits per heavy atom. The Kier molecular flexibility index (Phi) is 3.62. The van der Waals surface area contributed by atoms with E-state index in [1.807, 2.05) is 13.8 Å². The van der Waals surface area contributed by atoms with Crippen molar-refractivity contribution in [1.82, 2.24) is 15.3 Å². The van der Waals surface area contributed by atoms with Crippen molar-refractivity contribution < 1.29 is 13.6 Å². The highest BCUT2D eigenvalue weighted by Gasteiger charge is 2.62. The van der Waals surface area contributed by atoms with Gasteiger partial charge in [0.05, 0.1) is 6.20 Å². The lowest BCUT2D eigenvalue weighted by Crippen LogP contribution is -2.35. The summed E-state index contributed by atoms with van der Waals surface area (Å²) in [5, 5.41) is 2.80. The zero-order chi connectivity index (χ0) is 16.7. The second kappa shape index (κ2) is 5.37. The van der Waals surface area contributed by atoms with Crippen molar-refractivity contribution >= 4 is 5.91 Å². The van der Waals surface area contributed by atoms with Crippen molar-refractivity contribution in [3.05, 3.63) is 59.7 Å². The normalized spacial score (nSPS) is 21.7. The van der Waals surface area contributed by atoms with Crippen LogP contribution >= 0.6 is 0 Å². The quantitative estimate of drug-likeness (QED) is 0.943. The number of carbonyl (C=O) groups excluding carboxylic acids is 1. The van der Waals surface area contributed by atoms with Crippen molar-refractivity contribution in [3.8, 4) is 0 Å². The van der Waals surface area contributed by atoms with Gasteiger partial charge in [-0.3, -0.25) is 9.78 Å². The molecule has 1 atom stereocenters. The molecule has 0 bridgehead atoms. The van der Waals surface area contributed by atoms with E-state index in [4.69, 9.17) is 0 Å². The molecule has 120 valence electrons. The molecular weight excluding hydrogens is 300 g/mol. The highest BCUT2D eigenvalue weighted by atomic mass is 19.1. The Morgan fingerprint density at radius 1 is 1.30 bits per heavy atom. The smallest absolute Gasteiger partial charge is 0.271 e. The molecular formula is C17H17F2N3O. The molecule has 4 nitrogen and oxygen atoms in total. The molecule has 1 aliphatic rings. The maximum atomic E-state index is 14.2. The van der Waals surface area contributed by atoms with Crippen molar-refractivity contribution in [2.45, 2.75) is 25.7 Å². The van der Waals surface area contributed by atoms with Crippen molar-refractivity contribution in [2.24, 2.45) is 5.41 Å². The van der Waals surface area contributed by atoms with E-state index in [9.17, 15) is 13.6 Å². The maximum absolute atomic E-state index is 14.2. The van der Waals surface area contributed by atoms with Gasteiger partial charge in [0.1, 0.15) is 17.3 Å². The maximum Gasteiger partial charge on any atom is 0.271 e. The van der Waals surface area contributed by atoms with Crippen LogP contribution in [0.5, 0.6) is 0 Å². The van der Waals surface area contributed by atoms with Gasteiger partial charge in [-0.1, -0.05) is 19.9 Å². The number of aromatic nitrogens is 2. The SMILES string of the molecule is CC1(C)CC1(CNC(=O)c1cnccn1)c1ccc(F)cc1F. The number of rotatable bonds is 4. The average Bonchev–Trinajstić information content (AvgIpc) is 3.08. The summed E-state index contributed by atoms with van der Waals surface area (Å²) in [6, 6.07) is 3.60. The van der Waals surface area contributed by atoms with E-state index in [0.717, 1.165) is 6.07 Å². The third-order valence-corrected chi connectivity index (χ3v) is 4.71. The van der Waals surface area contributed by atoms with Crippen LogP contribution in [-0.4, -0.2) is 22.4 Å². The molecule has 1 aromatic carbocycles. The van der Waals surface area contributed by atoms with Gasteiger partial charge in [0.25, 0.3) is 5.91 Å². The minimum Gasteiger partial charge on any atom is -0.350 e. The van der Waals surface area contributed by atoms with Crippen LogP contribution in [0, 0.1) is 17.0 Å². The summed E-state index contributed by atoms with van der Waals surface area (Å²) in [6.45, 7) is 4.27. The zero-order valence-corrected chi connectivity index (χ0v) is 12.9. The predicted octanol–water partition coefficient (Wildman–Crippen LogP) is 2.85. The van der Waals surface area contributed by atoms with E-state index >= 15 is 0 Å². The van der Waals surface area contributed by atoms with E-state index in [1.165, 1.54) is 30.7 Å². The van der Waals surface area contributed by atoms with Gasteiger partial charge in [-0.05, 0) is 23.5 Å². The molecule has 0 saturated heterocycles. The number of amides is 1. The molecule has 1 aromatic heterocycles. The first-order chi connectivity index (χ1) is 10.9. The van der Waals surface area contributed by atoms with Gasteiger partial charge < -0.3 is 5.32 Å². The highest BCUT2D eigenvalue weighted by molar-refractivity contribution is 5.92. The first kappa shape index (κ1) is 15.5. The fourth-order valence-corrected chi connectivity index (χ4v) is 3.18. The molecule has 0 spiro atoms. The van der Waals surface area contributed by atoms with E-state index in [1.54, 1.807) is 0 Å². The minimum atomic E-state index is -0.608. The van der Waals surface area contributed by atoms with E-state index in [-0.39, 0.29) is 23.6 Å². The van der Waals surface area contributed by atoms with Crippen LogP contribution in [0.25, 0.3) is 0 Å². The molecule has 1 saturated carbocycles. The number of nitrogens with zero attached hydrogens (tertiary/aromatic N) is 2. The van der Waals surface area contributed by atoms with Crippen LogP contribution in [0.2, 0.25) is 0 Å². The number of halogens is 2. The van der Waals surface area contributed by atoms with Crippen molar-refractivity contribution in [2.75, 3.05) is 6.54 Å². The van der Waals surface area contributed by atoms with Gasteiger partial charge in [0, 0.05) is 30.4 Å². The van der Waals surface area contributed by atoms with Gasteiger partial charge in [-0.15, -0.1) is 0 Å². The summed E-state index contributed by atoms with van der Waals surface area (Å²) < 4.78 is 27.4. The summed E-state index contributed by atoms with van der Waals surface area (Å²) in [4.78, 5) is 19.9. The van der Waals surface area contributed by atoms with Crippen LogP contribution in [0.4, 0.5) is 8.78 Å². The van der Waals surface area contributed by atoms with Gasteiger partial charge in [-0.2, -0.15) is 0 Å². The third kappa shape index (κ3) is 2.69. The fraction of sp³-hybridized carbons (Fsp3) is 0.353. The van der Waals surface area contributed by atoms with Gasteiger partial charge in [-0.25, -0.2) is 13.8 Å². The Bertz CT molecular complexity index is 749. The molecule has 1 heterocycles. The van der Waals surface area contributed by atoms with Crippen molar-refractivity contribution in [1.29, 1.82) is 0 Å². The first-order valence-corrected chi connectivity index (χ1v) is 7.35. The number of carbonyl (C=O) groups is 1. The number of nitrogens with one attached hydrogen (secondary N) is 1. The summed E-state index contributed by atoms with van der Waals surface area (Å²) in [7, 11) is 0. The first-order valence-electron chi connectivity index (χ1n) is 7.35. The van der Waals surface area contributed by atoms with Gasteiger partial charge in [0.15, 0.2) is 0 Å². The lowest BCUT2D eigenvalue weighted by molar-refractivity contribution is 0.0942. The summed E-state index contributed by atoms with van der Waals surface area (Å²) in [6.07, 6.45) is 5.00. The molecule has 0 aliphatic heterocycles. The number of hydrogen-bond donors (Lipinski definition) is 1. The van der Waals surface area contributed by atoms with E-state index < -0.39 is 17.0 Å². The summed E-state index contributed by atoms with van der Waals surface area (Å²) in [5.41, 5.74) is -0.0757. The molecule has 1 N–H and O–H groups in total. The lowest BCUT2D eigenvalue weighted by Gasteiger charge is -2.22. The monoisotopic (exact) mass is 317 g/mol. The topological polar surface area (TPSA) is 54.9 Å². The molecule has 23 heavy (non-hydrogen) atoms. The highest BCUT2D eigenvalue weighted by Crippen LogP contribution is 2.64. The molecule has 0 radical (unpaired) electrons. The number of hydrogen-bond acceptors (Lipinski definition) is 3. The van der Waals surface area contributed by atoms with E-state index in [2.05, 4.69) is 15.3 Å². The minimum absolute atomic E-state index is 0.179. The largest absolute Gasteiger partial charge is 0.350 e. The lowest BCUT2D eigenvalue weighted by atomic mass is 9.87. The van der Waals surface area contributed by atoms with Crippen LogP contribution in [-0.2, 0) is 5.41 Å². The molecule has 1 fully saturated rings. The Hall–Kier alpha value is -2.37. The van der Waals surface area contributed by atoms with Crippen LogP contribution in [0.15, 0.2) is 36.8 Å². The van der Waals surface area contributed by atoms with E-state index in [0.29, 0.717) is 12.0 Å². The third-order valence-electron chi connectivity index (χ3n) is 4.71. The van der Waals surface area contributed by atoms with Crippen LogP contribution in [0.1, 0.15) is 36.3 Å². The molecule has 6 heteroatoms. The fourth-order valence-electron chi connectivity index (χ4n) is 3.18. The second-order valence-corrected chi connectivity index (χ2v) is 6.54. The summed E-state index contributed by atoms with van der Waals surface area (Å²) >= 11 is 0. The molecule has 2 aromatic rings. The average molecular weight is 317 g/mol. The Morgan fingerprint density at radius 2 is 2.04 bits per heavy atom. The molecule has 3 rings (SSSR count). The van der Waals surface area contributed by atoms with Crippen molar-refractivity contribution in [3.63, 3.8) is 0 Å². The van der Waals surface area contributed by atoms with Gasteiger partial charge >= 0.3 is 0 Å². The van der Waals surface area contributed by atoms with Gasteiger partial charge in [0.2, 0.25) is 0 Å². The number of benzene rings is 1. The molecule has 1 aliphatic carbocycles. The molecule has 1 amide bonds. The van der Waals surface area contributed by atoms with Crippen LogP contribution < -0.4 is 5.32 Å². The standard InChI is InChI=1S/C17H17F2N3O/c1-16(2)9-17(16,12-4-3-11(18)7-13(12)19)10-22-15(23)14-8-20-5-6-21-14/h3-8H,9-10H2,1-2H3,(H,22,23). The second-order valence-electron chi connectivity index (χ2n) is 6.54. The Labute approximate surface area is 133 Å². The Balaban J connectivity index is 1.82. The van der Waals surface area contributed by atoms with Crippen LogP contribution in [0.3, 0.4) is 0 Å². The zero-order valence-electron chi connectivity index (χ0n) is 12.9. The summed E-state index contributed by atoms with van der Waals surface area (Å²) in [5.74, 6) is -1.55. The predicted molar refractivity (Wildman–Crippen MR) is 80.8 cm³/mol. The molecule has 1 unspecified atom stereocenters.